The van der Waals surface area contributed by atoms with Gasteiger partial charge in [-0.1, -0.05) is 11.6 Å². The number of nitrogens with zero attached hydrogens (tertiary/aromatic N) is 3. The average Bonchev–Trinajstić information content (AvgIpc) is 2.66. The summed E-state index contributed by atoms with van der Waals surface area (Å²) in [6, 6.07) is 0.606. The maximum atomic E-state index is 5.93. The molecule has 1 aliphatic carbocycles. The van der Waals surface area contributed by atoms with Crippen LogP contribution in [-0.4, -0.2) is 20.8 Å². The average molecular weight is 220 g/mol. The van der Waals surface area contributed by atoms with Gasteiger partial charge in [-0.2, -0.15) is 5.10 Å². The fraction of sp³-hybridized carbons (Fsp3) is 0.667. The highest BCUT2D eigenvalue weighted by atomic mass is 15.3. The van der Waals surface area contributed by atoms with Gasteiger partial charge in [-0.05, 0) is 33.1 Å². The molecule has 0 amide bonds. The zero-order chi connectivity index (χ0) is 11.5. The first-order valence-electron chi connectivity index (χ1n) is 6.00. The normalized spacial score (nSPS) is 21.2. The zero-order valence-electron chi connectivity index (χ0n) is 10.1. The molecule has 0 fully saturated rings. The second-order valence-corrected chi connectivity index (χ2v) is 4.77. The molecule has 0 radical (unpaired) electrons. The van der Waals surface area contributed by atoms with Crippen LogP contribution in [0.4, 0.5) is 0 Å². The monoisotopic (exact) mass is 220 g/mol. The van der Waals surface area contributed by atoms with Crippen molar-refractivity contribution in [3.63, 3.8) is 0 Å². The Hall–Kier alpha value is -1.16. The largest absolute Gasteiger partial charge is 0.324 e. The van der Waals surface area contributed by atoms with Gasteiger partial charge in [0.1, 0.15) is 12.2 Å². The van der Waals surface area contributed by atoms with E-state index in [1.54, 1.807) is 6.33 Å². The van der Waals surface area contributed by atoms with E-state index < -0.39 is 0 Å². The minimum atomic E-state index is 0.235. The molecule has 1 heterocycles. The number of rotatable bonds is 3. The lowest BCUT2D eigenvalue weighted by atomic mass is 9.94. The molecular formula is C12H20N4. The Morgan fingerprint density at radius 1 is 1.56 bits per heavy atom. The molecule has 1 aromatic rings. The summed E-state index contributed by atoms with van der Waals surface area (Å²) in [5, 5.41) is 4.25. The maximum Gasteiger partial charge on any atom is 0.138 e. The molecule has 0 spiro atoms. The number of aromatic nitrogens is 3. The Kier molecular flexibility index (Phi) is 3.39. The van der Waals surface area contributed by atoms with Gasteiger partial charge >= 0.3 is 0 Å². The van der Waals surface area contributed by atoms with Crippen molar-refractivity contribution < 1.29 is 0 Å². The lowest BCUT2D eigenvalue weighted by molar-refractivity contribution is 0.505. The first kappa shape index (κ1) is 11.3. The number of hydrogen-bond acceptors (Lipinski definition) is 3. The van der Waals surface area contributed by atoms with Gasteiger partial charge in [-0.25, -0.2) is 9.67 Å². The Bertz CT molecular complexity index is 378. The van der Waals surface area contributed by atoms with Gasteiger partial charge in [-0.3, -0.25) is 0 Å². The molecule has 0 aliphatic heterocycles. The molecule has 0 bridgehead atoms. The summed E-state index contributed by atoms with van der Waals surface area (Å²) < 4.78 is 1.99. The molecule has 4 heteroatoms. The summed E-state index contributed by atoms with van der Waals surface area (Å²) in [6.45, 7) is 4.25. The van der Waals surface area contributed by atoms with Crippen LogP contribution < -0.4 is 5.73 Å². The molecule has 16 heavy (non-hydrogen) atoms. The summed E-state index contributed by atoms with van der Waals surface area (Å²) in [4.78, 5) is 4.33. The minimum absolute atomic E-state index is 0.235. The molecule has 0 saturated heterocycles. The van der Waals surface area contributed by atoms with Crippen molar-refractivity contribution in [3.8, 4) is 0 Å². The van der Waals surface area contributed by atoms with Gasteiger partial charge in [0.25, 0.3) is 0 Å². The zero-order valence-corrected chi connectivity index (χ0v) is 10.1. The molecule has 1 aliphatic rings. The second-order valence-electron chi connectivity index (χ2n) is 4.77. The summed E-state index contributed by atoms with van der Waals surface area (Å²) in [5.41, 5.74) is 7.34. The predicted octanol–water partition coefficient (Wildman–Crippen LogP) is 1.84. The lowest BCUT2D eigenvalue weighted by Crippen LogP contribution is -2.21. The topological polar surface area (TPSA) is 56.7 Å². The van der Waals surface area contributed by atoms with E-state index in [1.165, 1.54) is 12.0 Å². The number of allylic oxidation sites excluding steroid dienone is 1. The fourth-order valence-electron chi connectivity index (χ4n) is 2.22. The number of nitrogens with two attached hydrogens (primary N) is 1. The molecular weight excluding hydrogens is 200 g/mol. The van der Waals surface area contributed by atoms with E-state index in [4.69, 9.17) is 5.73 Å². The second kappa shape index (κ2) is 4.78. The Morgan fingerprint density at radius 2 is 2.38 bits per heavy atom. The SMILES string of the molecule is CC(C)n1ncnc1CC1=CC(N)CCC1. The third-order valence-corrected chi connectivity index (χ3v) is 3.01. The molecule has 0 saturated carbocycles. The third-order valence-electron chi connectivity index (χ3n) is 3.01. The first-order valence-corrected chi connectivity index (χ1v) is 6.00. The van der Waals surface area contributed by atoms with Crippen LogP contribution in [0.15, 0.2) is 18.0 Å². The first-order chi connectivity index (χ1) is 7.66. The standard InChI is InChI=1S/C12H20N4/c1-9(2)16-12(14-8-15-16)7-10-4-3-5-11(13)6-10/h6,8-9,11H,3-5,7,13H2,1-2H3. The molecule has 1 atom stereocenters. The minimum Gasteiger partial charge on any atom is -0.324 e. The van der Waals surface area contributed by atoms with Gasteiger partial charge in [0.15, 0.2) is 0 Å². The van der Waals surface area contributed by atoms with Crippen LogP contribution in [0.25, 0.3) is 0 Å². The van der Waals surface area contributed by atoms with Gasteiger partial charge in [0.2, 0.25) is 0 Å². The van der Waals surface area contributed by atoms with Crippen molar-refractivity contribution in [2.75, 3.05) is 0 Å². The molecule has 88 valence electrons. The molecule has 1 unspecified atom stereocenters. The van der Waals surface area contributed by atoms with Crippen molar-refractivity contribution in [1.82, 2.24) is 14.8 Å². The summed E-state index contributed by atoms with van der Waals surface area (Å²) in [6.07, 6.45) is 8.19. The van der Waals surface area contributed by atoms with Crippen LogP contribution >= 0.6 is 0 Å². The third kappa shape index (κ3) is 2.50. The summed E-state index contributed by atoms with van der Waals surface area (Å²) >= 11 is 0. The van der Waals surface area contributed by atoms with E-state index in [9.17, 15) is 0 Å². The Balaban J connectivity index is 2.11. The Morgan fingerprint density at radius 3 is 3.06 bits per heavy atom. The summed E-state index contributed by atoms with van der Waals surface area (Å²) in [5.74, 6) is 1.05. The van der Waals surface area contributed by atoms with E-state index in [0.717, 1.165) is 25.1 Å². The maximum absolute atomic E-state index is 5.93. The van der Waals surface area contributed by atoms with Crippen LogP contribution in [0, 0.1) is 0 Å². The van der Waals surface area contributed by atoms with Crippen molar-refractivity contribution in [1.29, 1.82) is 0 Å². The van der Waals surface area contributed by atoms with Gasteiger partial charge in [0, 0.05) is 18.5 Å². The molecule has 2 N–H and O–H groups in total. The van der Waals surface area contributed by atoms with Crippen molar-refractivity contribution in [2.24, 2.45) is 5.73 Å². The molecule has 1 aromatic heterocycles. The van der Waals surface area contributed by atoms with Crippen LogP contribution in [0.3, 0.4) is 0 Å². The van der Waals surface area contributed by atoms with Gasteiger partial charge in [-0.15, -0.1) is 0 Å². The van der Waals surface area contributed by atoms with Crippen LogP contribution in [0.2, 0.25) is 0 Å². The van der Waals surface area contributed by atoms with E-state index in [1.807, 2.05) is 4.68 Å². The number of hydrogen-bond donors (Lipinski definition) is 1. The van der Waals surface area contributed by atoms with E-state index >= 15 is 0 Å². The van der Waals surface area contributed by atoms with Crippen LogP contribution in [-0.2, 0) is 6.42 Å². The van der Waals surface area contributed by atoms with Crippen LogP contribution in [0.5, 0.6) is 0 Å². The fourth-order valence-corrected chi connectivity index (χ4v) is 2.22. The van der Waals surface area contributed by atoms with Crippen LogP contribution in [0.1, 0.15) is 45.0 Å². The highest BCUT2D eigenvalue weighted by Crippen LogP contribution is 2.20. The van der Waals surface area contributed by atoms with Crippen molar-refractivity contribution in [2.45, 2.75) is 51.6 Å². The van der Waals surface area contributed by atoms with E-state index in [-0.39, 0.29) is 6.04 Å². The predicted molar refractivity (Wildman–Crippen MR) is 64.0 cm³/mol. The molecule has 4 nitrogen and oxygen atoms in total. The lowest BCUT2D eigenvalue weighted by Gasteiger charge is -2.18. The highest BCUT2D eigenvalue weighted by molar-refractivity contribution is 5.15. The van der Waals surface area contributed by atoms with E-state index in [2.05, 4.69) is 30.0 Å². The quantitative estimate of drug-likeness (QED) is 0.791. The smallest absolute Gasteiger partial charge is 0.138 e. The van der Waals surface area contributed by atoms with E-state index in [0.29, 0.717) is 6.04 Å². The molecule has 0 aromatic carbocycles. The molecule has 2 rings (SSSR count). The Labute approximate surface area is 96.6 Å². The van der Waals surface area contributed by atoms with Gasteiger partial charge < -0.3 is 5.73 Å². The van der Waals surface area contributed by atoms with Crippen molar-refractivity contribution in [3.05, 3.63) is 23.8 Å². The summed E-state index contributed by atoms with van der Waals surface area (Å²) in [7, 11) is 0. The van der Waals surface area contributed by atoms with Crippen molar-refractivity contribution >= 4 is 0 Å². The van der Waals surface area contributed by atoms with Gasteiger partial charge in [0.05, 0.1) is 0 Å². The highest BCUT2D eigenvalue weighted by Gasteiger charge is 2.14.